The molecule has 0 heteroatoms. The molecule has 10 aromatic rings. The Morgan fingerprint density at radius 1 is 0.242 bits per heavy atom. The minimum absolute atomic E-state index is 0.189. The largest absolute Gasteiger partial charge is 0.0725 e. The van der Waals surface area contributed by atoms with Gasteiger partial charge >= 0.3 is 0 Å². The minimum Gasteiger partial charge on any atom is -0.0622 e. The van der Waals surface area contributed by atoms with Crippen LogP contribution in [0.4, 0.5) is 0 Å². The smallest absolute Gasteiger partial charge is 0.0622 e. The maximum atomic E-state index is 2.40. The summed E-state index contributed by atoms with van der Waals surface area (Å²) in [5, 5.41) is 0. The van der Waals surface area contributed by atoms with E-state index >= 15 is 0 Å². The van der Waals surface area contributed by atoms with Gasteiger partial charge in [-0.05, 0) is 127 Å². The van der Waals surface area contributed by atoms with Gasteiger partial charge in [0.15, 0.2) is 0 Å². The quantitative estimate of drug-likeness (QED) is 0.163. The van der Waals surface area contributed by atoms with Crippen molar-refractivity contribution >= 4 is 0 Å². The third-order valence-electron chi connectivity index (χ3n) is 14.7. The second kappa shape index (κ2) is 15.7. The van der Waals surface area contributed by atoms with Crippen LogP contribution < -0.4 is 0 Å². The summed E-state index contributed by atoms with van der Waals surface area (Å²) in [6, 6.07) is 86.8. The molecular formula is C66H50. The number of hydrogen-bond acceptors (Lipinski definition) is 0. The average Bonchev–Trinajstić information content (AvgIpc) is 4.07. The van der Waals surface area contributed by atoms with Gasteiger partial charge in [0.1, 0.15) is 0 Å². The lowest BCUT2D eigenvalue weighted by molar-refractivity contribution is 0.767. The molecule has 0 amide bonds. The fourth-order valence-electron chi connectivity index (χ4n) is 12.0. The van der Waals surface area contributed by atoms with E-state index in [1.54, 1.807) is 0 Å². The zero-order chi connectivity index (χ0) is 44.4. The van der Waals surface area contributed by atoms with Gasteiger partial charge in [0.05, 0.1) is 10.8 Å². The van der Waals surface area contributed by atoms with Crippen molar-refractivity contribution in [1.82, 2.24) is 0 Å². The molecule has 66 heavy (non-hydrogen) atoms. The van der Waals surface area contributed by atoms with Gasteiger partial charge in [-0.1, -0.05) is 253 Å². The molecule has 0 heterocycles. The number of benzene rings is 10. The summed E-state index contributed by atoms with van der Waals surface area (Å²) in [7, 11) is 0. The number of fused-ring (bicyclic) bond motifs is 16. The van der Waals surface area contributed by atoms with Gasteiger partial charge in [-0.3, -0.25) is 0 Å². The first-order valence-corrected chi connectivity index (χ1v) is 23.4. The maximum Gasteiger partial charge on any atom is 0.0725 e. The Kier molecular flexibility index (Phi) is 9.47. The molecule has 0 aromatic heterocycles. The fourth-order valence-corrected chi connectivity index (χ4v) is 12.0. The highest BCUT2D eigenvalue weighted by atomic mass is 14.5. The van der Waals surface area contributed by atoms with Crippen LogP contribution in [0.2, 0.25) is 0 Å². The van der Waals surface area contributed by atoms with Crippen LogP contribution in [-0.4, -0.2) is 0 Å². The molecule has 0 saturated carbocycles. The lowest BCUT2D eigenvalue weighted by atomic mass is 9.67. The fraction of sp³-hybridized carbons (Fsp3) is 0.0909. The summed E-state index contributed by atoms with van der Waals surface area (Å²) >= 11 is 0. The second-order valence-electron chi connectivity index (χ2n) is 18.5. The summed E-state index contributed by atoms with van der Waals surface area (Å²) in [6.45, 7) is 6.54. The van der Waals surface area contributed by atoms with Crippen molar-refractivity contribution in [2.75, 3.05) is 0 Å². The van der Waals surface area contributed by atoms with E-state index in [4.69, 9.17) is 0 Å². The number of aryl methyl sites for hydroxylation is 3. The van der Waals surface area contributed by atoms with E-state index in [-0.39, 0.29) is 10.8 Å². The van der Waals surface area contributed by atoms with Gasteiger partial charge in [-0.15, -0.1) is 0 Å². The Labute approximate surface area is 389 Å². The van der Waals surface area contributed by atoms with Crippen molar-refractivity contribution in [2.24, 2.45) is 0 Å². The van der Waals surface area contributed by atoms with E-state index in [2.05, 4.69) is 257 Å². The van der Waals surface area contributed by atoms with Gasteiger partial charge in [0, 0.05) is 0 Å². The summed E-state index contributed by atoms with van der Waals surface area (Å²) in [6.07, 6.45) is 1.10. The molecule has 0 aliphatic heterocycles. The van der Waals surface area contributed by atoms with Crippen LogP contribution in [0.25, 0.3) is 44.5 Å². The van der Waals surface area contributed by atoms with Crippen LogP contribution in [0.3, 0.4) is 0 Å². The highest BCUT2D eigenvalue weighted by molar-refractivity contribution is 5.95. The molecule has 0 radical (unpaired) electrons. The van der Waals surface area contributed by atoms with Gasteiger partial charge in [-0.25, -0.2) is 0 Å². The number of rotatable bonds is 2. The molecule has 314 valence electrons. The first kappa shape index (κ1) is 39.8. The molecule has 0 saturated heterocycles. The third kappa shape index (κ3) is 5.91. The zero-order valence-electron chi connectivity index (χ0n) is 37.7. The normalized spacial score (nSPS) is 13.9. The standard InChI is InChI=1S/C26H18.C26H20.C14H12/c1-17-14-15-21-20-10-4-7-13-24(20)26(25(21)16-17)22-11-5-2-8-18(22)19-9-3-6-12-23(19)26;1-19-16-17-23-22-14-8-9-15-24(22)26(25(23)18-19,20-10-4-2-5-11-20)21-12-6-3-7-13-21;1-10-6-7-12-9-11-4-2-3-5-13(11)14(12)8-10/h2-16H,1H3;2-18H,1H3;2-8H,9H2,1H3. The summed E-state index contributed by atoms with van der Waals surface area (Å²) in [5.74, 6) is 0. The third-order valence-corrected chi connectivity index (χ3v) is 14.7. The van der Waals surface area contributed by atoms with Crippen molar-refractivity contribution in [3.05, 3.63) is 309 Å². The Morgan fingerprint density at radius 3 is 1.06 bits per heavy atom. The molecule has 0 fully saturated rings. The van der Waals surface area contributed by atoms with Crippen molar-refractivity contribution in [3.63, 3.8) is 0 Å². The molecule has 0 bridgehead atoms. The van der Waals surface area contributed by atoms with Gasteiger partial charge in [-0.2, -0.15) is 0 Å². The predicted molar refractivity (Wildman–Crippen MR) is 275 cm³/mol. The van der Waals surface area contributed by atoms with Crippen LogP contribution in [-0.2, 0) is 17.3 Å². The van der Waals surface area contributed by atoms with E-state index in [0.29, 0.717) is 0 Å². The van der Waals surface area contributed by atoms with E-state index in [0.717, 1.165) is 6.42 Å². The van der Waals surface area contributed by atoms with Crippen LogP contribution in [0.1, 0.15) is 72.3 Å². The van der Waals surface area contributed by atoms with Crippen LogP contribution in [0, 0.1) is 20.8 Å². The van der Waals surface area contributed by atoms with Crippen molar-refractivity contribution < 1.29 is 0 Å². The molecule has 4 aliphatic carbocycles. The molecular weight excluding hydrogens is 793 g/mol. The number of hydrogen-bond donors (Lipinski definition) is 0. The highest BCUT2D eigenvalue weighted by Gasteiger charge is 2.51. The maximum absolute atomic E-state index is 2.40. The summed E-state index contributed by atoms with van der Waals surface area (Å²) in [5.41, 5.74) is 28.5. The Bertz CT molecular complexity index is 3270. The van der Waals surface area contributed by atoms with Crippen LogP contribution >= 0.6 is 0 Å². The van der Waals surface area contributed by atoms with Crippen LogP contribution in [0.5, 0.6) is 0 Å². The topological polar surface area (TPSA) is 0 Å². The minimum atomic E-state index is -0.263. The second-order valence-corrected chi connectivity index (χ2v) is 18.5. The van der Waals surface area contributed by atoms with E-state index < -0.39 is 0 Å². The molecule has 10 aromatic carbocycles. The van der Waals surface area contributed by atoms with Crippen molar-refractivity contribution in [2.45, 2.75) is 38.0 Å². The van der Waals surface area contributed by atoms with E-state index in [9.17, 15) is 0 Å². The Hall–Kier alpha value is -7.80. The molecule has 0 N–H and O–H groups in total. The van der Waals surface area contributed by atoms with Gasteiger partial charge in [0.2, 0.25) is 0 Å². The van der Waals surface area contributed by atoms with Crippen molar-refractivity contribution in [3.8, 4) is 44.5 Å². The average molecular weight is 843 g/mol. The first-order valence-electron chi connectivity index (χ1n) is 23.4. The highest BCUT2D eigenvalue weighted by Crippen LogP contribution is 2.63. The predicted octanol–water partition coefficient (Wildman–Crippen LogP) is 16.3. The monoisotopic (exact) mass is 842 g/mol. The SMILES string of the molecule is Cc1ccc2c(c1)-c1ccccc1C2.Cc1ccc2c(c1)C(c1ccccc1)(c1ccccc1)c1ccccc1-2.Cc1ccc2c(c1)C1(c3ccccc3-c3ccccc31)c1ccccc1-2. The molecule has 4 aliphatic rings. The summed E-state index contributed by atoms with van der Waals surface area (Å²) < 4.78 is 0. The van der Waals surface area contributed by atoms with Crippen molar-refractivity contribution in [1.29, 1.82) is 0 Å². The lowest BCUT2D eigenvalue weighted by Gasteiger charge is -2.34. The van der Waals surface area contributed by atoms with E-state index in [1.807, 2.05) is 0 Å². The molecule has 0 atom stereocenters. The van der Waals surface area contributed by atoms with Gasteiger partial charge < -0.3 is 0 Å². The Balaban J connectivity index is 0.000000109. The van der Waals surface area contributed by atoms with E-state index in [1.165, 1.54) is 117 Å². The van der Waals surface area contributed by atoms with Crippen LogP contribution in [0.15, 0.2) is 237 Å². The molecule has 0 nitrogen and oxygen atoms in total. The lowest BCUT2D eigenvalue weighted by Crippen LogP contribution is -2.28. The zero-order valence-corrected chi connectivity index (χ0v) is 37.7. The Morgan fingerprint density at radius 2 is 0.576 bits per heavy atom. The molecule has 14 rings (SSSR count). The van der Waals surface area contributed by atoms with Gasteiger partial charge in [0.25, 0.3) is 0 Å². The first-order chi connectivity index (χ1) is 32.5. The molecule has 0 unspecified atom stereocenters. The summed E-state index contributed by atoms with van der Waals surface area (Å²) in [4.78, 5) is 0. The molecule has 1 spiro atoms.